The van der Waals surface area contributed by atoms with E-state index in [0.717, 1.165) is 12.8 Å². The smallest absolute Gasteiger partial charge is 0.219 e. The molecule has 0 aliphatic carbocycles. The molecule has 0 unspecified atom stereocenters. The van der Waals surface area contributed by atoms with E-state index < -0.39 is 30.9 Å². The minimum absolute atomic E-state index is 0.118. The van der Waals surface area contributed by atoms with E-state index in [1.165, 1.54) is 6.07 Å². The standard InChI is InChI=1S/C13H17NO5S2/c15-20(16)9-13(11-5-1-2-6-12(11)20)21(17,18)14-8-10-4-3-7-19-10/h1-2,5-6,10,13-14H,3-4,7-9H2/t10-,13-/m1/s1. The molecule has 1 aromatic rings. The van der Waals surface area contributed by atoms with Crippen LogP contribution in [-0.2, 0) is 24.6 Å². The van der Waals surface area contributed by atoms with E-state index in [1.807, 2.05) is 0 Å². The zero-order chi connectivity index (χ0) is 15.1. The Labute approximate surface area is 124 Å². The first kappa shape index (κ1) is 15.0. The Balaban J connectivity index is 1.83. The summed E-state index contributed by atoms with van der Waals surface area (Å²) in [6.45, 7) is 0.841. The number of ether oxygens (including phenoxy) is 1. The minimum Gasteiger partial charge on any atom is -0.377 e. The fourth-order valence-corrected chi connectivity index (χ4v) is 6.88. The molecule has 1 aromatic carbocycles. The lowest BCUT2D eigenvalue weighted by molar-refractivity contribution is 0.114. The number of hydrogen-bond acceptors (Lipinski definition) is 5. The van der Waals surface area contributed by atoms with Crippen molar-refractivity contribution in [2.24, 2.45) is 0 Å². The van der Waals surface area contributed by atoms with E-state index in [1.54, 1.807) is 18.2 Å². The van der Waals surface area contributed by atoms with Gasteiger partial charge in [0.25, 0.3) is 0 Å². The van der Waals surface area contributed by atoms with Gasteiger partial charge in [0.2, 0.25) is 10.0 Å². The van der Waals surface area contributed by atoms with Crippen molar-refractivity contribution in [2.75, 3.05) is 18.9 Å². The summed E-state index contributed by atoms with van der Waals surface area (Å²) >= 11 is 0. The van der Waals surface area contributed by atoms with Crippen LogP contribution in [0.15, 0.2) is 29.2 Å². The van der Waals surface area contributed by atoms with Crippen molar-refractivity contribution in [1.29, 1.82) is 0 Å². The van der Waals surface area contributed by atoms with Crippen LogP contribution in [0.25, 0.3) is 0 Å². The van der Waals surface area contributed by atoms with Gasteiger partial charge < -0.3 is 4.74 Å². The molecule has 0 aromatic heterocycles. The van der Waals surface area contributed by atoms with Crippen LogP contribution in [0.5, 0.6) is 0 Å². The van der Waals surface area contributed by atoms with Crippen molar-refractivity contribution in [2.45, 2.75) is 29.1 Å². The Morgan fingerprint density at radius 3 is 2.76 bits per heavy atom. The largest absolute Gasteiger partial charge is 0.377 e. The number of sulfonamides is 1. The van der Waals surface area contributed by atoms with Gasteiger partial charge in [0.15, 0.2) is 9.84 Å². The number of nitrogens with one attached hydrogen (secondary N) is 1. The average molecular weight is 331 g/mol. The highest BCUT2D eigenvalue weighted by Gasteiger charge is 2.42. The zero-order valence-corrected chi connectivity index (χ0v) is 13.0. The summed E-state index contributed by atoms with van der Waals surface area (Å²) in [7, 11) is -7.27. The number of fused-ring (bicyclic) bond motifs is 1. The first-order valence-electron chi connectivity index (χ1n) is 6.82. The second-order valence-corrected chi connectivity index (χ2v) is 9.29. The van der Waals surface area contributed by atoms with Crippen molar-refractivity contribution in [3.05, 3.63) is 29.8 Å². The molecule has 1 saturated heterocycles. The Bertz CT molecular complexity index is 736. The third-order valence-electron chi connectivity index (χ3n) is 3.88. The van der Waals surface area contributed by atoms with Gasteiger partial charge in [0.05, 0.1) is 16.8 Å². The molecule has 6 nitrogen and oxygen atoms in total. The first-order valence-corrected chi connectivity index (χ1v) is 10.0. The maximum absolute atomic E-state index is 12.4. The van der Waals surface area contributed by atoms with E-state index in [2.05, 4.69) is 4.72 Å². The Hall–Kier alpha value is -0.960. The highest BCUT2D eigenvalue weighted by Crippen LogP contribution is 2.37. The first-order chi connectivity index (χ1) is 9.90. The van der Waals surface area contributed by atoms with Gasteiger partial charge in [-0.1, -0.05) is 18.2 Å². The Morgan fingerprint density at radius 1 is 1.29 bits per heavy atom. The lowest BCUT2D eigenvalue weighted by atomic mass is 10.2. The summed E-state index contributed by atoms with van der Waals surface area (Å²) in [5.74, 6) is -0.396. The molecule has 1 fully saturated rings. The van der Waals surface area contributed by atoms with E-state index in [9.17, 15) is 16.8 Å². The van der Waals surface area contributed by atoms with E-state index in [-0.39, 0.29) is 17.5 Å². The van der Waals surface area contributed by atoms with Crippen LogP contribution in [-0.4, -0.2) is 41.8 Å². The highest BCUT2D eigenvalue weighted by molar-refractivity contribution is 7.95. The van der Waals surface area contributed by atoms with Gasteiger partial charge in [-0.25, -0.2) is 21.6 Å². The summed E-state index contributed by atoms with van der Waals surface area (Å²) in [5, 5.41) is -1.04. The van der Waals surface area contributed by atoms with E-state index in [4.69, 9.17) is 4.74 Å². The predicted molar refractivity (Wildman–Crippen MR) is 77.1 cm³/mol. The SMILES string of the molecule is O=S1(=O)C[C@@H](S(=O)(=O)NC[C@H]2CCCO2)c2ccccc21. The van der Waals surface area contributed by atoms with E-state index >= 15 is 0 Å². The average Bonchev–Trinajstić information content (AvgIpc) is 3.04. The summed E-state index contributed by atoms with van der Waals surface area (Å²) < 4.78 is 56.8. The van der Waals surface area contributed by atoms with Crippen molar-refractivity contribution in [3.63, 3.8) is 0 Å². The molecule has 116 valence electrons. The molecule has 2 heterocycles. The summed E-state index contributed by atoms with van der Waals surface area (Å²) in [5.41, 5.74) is 0.359. The molecule has 2 aliphatic heterocycles. The third kappa shape index (κ3) is 2.85. The number of sulfone groups is 1. The monoisotopic (exact) mass is 331 g/mol. The maximum atomic E-state index is 12.4. The van der Waals surface area contributed by atoms with Gasteiger partial charge in [-0.05, 0) is 24.5 Å². The number of rotatable bonds is 4. The molecule has 0 saturated carbocycles. The molecule has 21 heavy (non-hydrogen) atoms. The lowest BCUT2D eigenvalue weighted by Crippen LogP contribution is -2.35. The van der Waals surface area contributed by atoms with Crippen LogP contribution >= 0.6 is 0 Å². The molecule has 0 amide bonds. The number of benzene rings is 1. The van der Waals surface area contributed by atoms with Crippen LogP contribution in [0, 0.1) is 0 Å². The summed E-state index contributed by atoms with van der Waals surface area (Å²) in [6.07, 6.45) is 1.63. The van der Waals surface area contributed by atoms with Crippen LogP contribution < -0.4 is 4.72 Å². The molecule has 0 spiro atoms. The number of hydrogen-bond donors (Lipinski definition) is 1. The molecule has 2 atom stereocenters. The van der Waals surface area contributed by atoms with Gasteiger partial charge in [0.1, 0.15) is 5.25 Å². The Morgan fingerprint density at radius 2 is 2.05 bits per heavy atom. The molecule has 3 rings (SSSR count). The minimum atomic E-state index is -3.74. The molecule has 2 aliphatic rings. The quantitative estimate of drug-likeness (QED) is 0.873. The van der Waals surface area contributed by atoms with Crippen molar-refractivity contribution < 1.29 is 21.6 Å². The van der Waals surface area contributed by atoms with Crippen molar-refractivity contribution >= 4 is 19.9 Å². The fraction of sp³-hybridized carbons (Fsp3) is 0.538. The maximum Gasteiger partial charge on any atom is 0.219 e. The van der Waals surface area contributed by atoms with Gasteiger partial charge in [-0.3, -0.25) is 0 Å². The van der Waals surface area contributed by atoms with Crippen LogP contribution in [0.3, 0.4) is 0 Å². The molecular weight excluding hydrogens is 314 g/mol. The second kappa shape index (κ2) is 5.35. The molecule has 1 N–H and O–H groups in total. The van der Waals surface area contributed by atoms with Gasteiger partial charge >= 0.3 is 0 Å². The lowest BCUT2D eigenvalue weighted by Gasteiger charge is -2.15. The van der Waals surface area contributed by atoms with Crippen LogP contribution in [0.2, 0.25) is 0 Å². The third-order valence-corrected chi connectivity index (χ3v) is 7.65. The van der Waals surface area contributed by atoms with E-state index in [0.29, 0.717) is 12.2 Å². The van der Waals surface area contributed by atoms with Crippen LogP contribution in [0.1, 0.15) is 23.7 Å². The van der Waals surface area contributed by atoms with Gasteiger partial charge in [-0.15, -0.1) is 0 Å². The molecule has 0 radical (unpaired) electrons. The normalized spacial score (nSPS) is 27.6. The zero-order valence-electron chi connectivity index (χ0n) is 11.4. The van der Waals surface area contributed by atoms with Crippen molar-refractivity contribution in [1.82, 2.24) is 4.72 Å². The van der Waals surface area contributed by atoms with Crippen LogP contribution in [0.4, 0.5) is 0 Å². The predicted octanol–water partition coefficient (Wildman–Crippen LogP) is 0.613. The van der Waals surface area contributed by atoms with Gasteiger partial charge in [-0.2, -0.15) is 0 Å². The second-order valence-electron chi connectivity index (χ2n) is 5.34. The molecule has 8 heteroatoms. The fourth-order valence-electron chi connectivity index (χ4n) is 2.78. The Kier molecular flexibility index (Phi) is 3.81. The topological polar surface area (TPSA) is 89.5 Å². The highest BCUT2D eigenvalue weighted by atomic mass is 32.2. The molecular formula is C13H17NO5S2. The summed E-state index contributed by atoms with van der Waals surface area (Å²) in [6, 6.07) is 6.28. The molecule has 0 bridgehead atoms. The van der Waals surface area contributed by atoms with Crippen molar-refractivity contribution in [3.8, 4) is 0 Å². The summed E-state index contributed by atoms with van der Waals surface area (Å²) in [4.78, 5) is 0.123. The van der Waals surface area contributed by atoms with Gasteiger partial charge in [0, 0.05) is 13.2 Å².